The van der Waals surface area contributed by atoms with Crippen LogP contribution in [0, 0.1) is 10.1 Å². The average molecular weight is 250 g/mol. The van der Waals surface area contributed by atoms with E-state index in [1.165, 1.54) is 31.5 Å². The number of anilines is 1. The minimum Gasteiger partial charge on any atom is -0.368 e. The molecule has 1 saturated carbocycles. The lowest BCUT2D eigenvalue weighted by atomic mass is 9.82. The highest BCUT2D eigenvalue weighted by atomic mass is 16.6. The third-order valence-corrected chi connectivity index (χ3v) is 3.43. The second-order valence-electron chi connectivity index (χ2n) is 4.94. The molecule has 0 radical (unpaired) electrons. The summed E-state index contributed by atoms with van der Waals surface area (Å²) in [5.41, 5.74) is 6.12. The Morgan fingerprint density at radius 2 is 2.11 bits per heavy atom. The first kappa shape index (κ1) is 12.8. The second-order valence-corrected chi connectivity index (χ2v) is 4.94. The highest BCUT2D eigenvalue weighted by Crippen LogP contribution is 2.26. The first-order valence-corrected chi connectivity index (χ1v) is 6.22. The van der Waals surface area contributed by atoms with Gasteiger partial charge in [0.15, 0.2) is 0 Å². The molecule has 0 spiro atoms. The molecular weight excluding hydrogens is 232 g/mol. The molecular formula is C12H18N4O2. The van der Waals surface area contributed by atoms with Crippen LogP contribution in [0.4, 0.5) is 11.5 Å². The van der Waals surface area contributed by atoms with Crippen molar-refractivity contribution in [3.63, 3.8) is 0 Å². The molecule has 18 heavy (non-hydrogen) atoms. The average Bonchev–Trinajstić information content (AvgIpc) is 2.38. The number of nitro groups is 1. The molecule has 1 fully saturated rings. The van der Waals surface area contributed by atoms with Gasteiger partial charge in [-0.05, 0) is 18.9 Å². The Balaban J connectivity index is 1.91. The van der Waals surface area contributed by atoms with Crippen molar-refractivity contribution in [2.45, 2.75) is 37.6 Å². The van der Waals surface area contributed by atoms with E-state index in [-0.39, 0.29) is 11.2 Å². The van der Waals surface area contributed by atoms with Crippen molar-refractivity contribution in [3.05, 3.63) is 28.4 Å². The molecule has 6 heteroatoms. The molecule has 98 valence electrons. The van der Waals surface area contributed by atoms with Crippen LogP contribution in [0.3, 0.4) is 0 Å². The summed E-state index contributed by atoms with van der Waals surface area (Å²) in [4.78, 5) is 14.0. The van der Waals surface area contributed by atoms with E-state index >= 15 is 0 Å². The number of hydrogen-bond acceptors (Lipinski definition) is 5. The smallest absolute Gasteiger partial charge is 0.287 e. The van der Waals surface area contributed by atoms with Crippen LogP contribution in [-0.4, -0.2) is 22.0 Å². The quantitative estimate of drug-likeness (QED) is 0.630. The maximum absolute atomic E-state index is 10.5. The van der Waals surface area contributed by atoms with Gasteiger partial charge in [0.25, 0.3) is 5.69 Å². The minimum absolute atomic E-state index is 0.000628. The van der Waals surface area contributed by atoms with E-state index in [4.69, 9.17) is 5.73 Å². The van der Waals surface area contributed by atoms with Crippen molar-refractivity contribution >= 4 is 11.5 Å². The third-order valence-electron chi connectivity index (χ3n) is 3.43. The summed E-state index contributed by atoms with van der Waals surface area (Å²) < 4.78 is 0. The van der Waals surface area contributed by atoms with E-state index in [0.29, 0.717) is 12.4 Å². The van der Waals surface area contributed by atoms with Crippen molar-refractivity contribution in [3.8, 4) is 0 Å². The zero-order valence-corrected chi connectivity index (χ0v) is 10.3. The van der Waals surface area contributed by atoms with Gasteiger partial charge in [0.2, 0.25) is 0 Å². The highest BCUT2D eigenvalue weighted by molar-refractivity contribution is 5.40. The van der Waals surface area contributed by atoms with Gasteiger partial charge >= 0.3 is 0 Å². The molecule has 0 bridgehead atoms. The van der Waals surface area contributed by atoms with Gasteiger partial charge in [-0.15, -0.1) is 0 Å². The molecule has 0 saturated heterocycles. The van der Waals surface area contributed by atoms with Crippen LogP contribution in [0.1, 0.15) is 32.1 Å². The number of nitrogens with two attached hydrogens (primary N) is 1. The summed E-state index contributed by atoms with van der Waals surface area (Å²) in [5.74, 6) is 0.635. The summed E-state index contributed by atoms with van der Waals surface area (Å²) in [6.45, 7) is 0.664. The normalized spacial score (nSPS) is 18.3. The third kappa shape index (κ3) is 3.16. The van der Waals surface area contributed by atoms with E-state index in [1.54, 1.807) is 6.07 Å². The lowest BCUT2D eigenvalue weighted by Crippen LogP contribution is -2.47. The van der Waals surface area contributed by atoms with Crippen LogP contribution in [-0.2, 0) is 0 Å². The Kier molecular flexibility index (Phi) is 3.76. The van der Waals surface area contributed by atoms with Crippen molar-refractivity contribution in [1.29, 1.82) is 0 Å². The molecule has 0 unspecified atom stereocenters. The molecule has 1 heterocycles. The SMILES string of the molecule is NC1(CNc2ccc([N+](=O)[O-])cn2)CCCCC1. The Bertz CT molecular complexity index is 413. The van der Waals surface area contributed by atoms with Crippen LogP contribution in [0.2, 0.25) is 0 Å². The number of aromatic nitrogens is 1. The van der Waals surface area contributed by atoms with E-state index in [9.17, 15) is 10.1 Å². The first-order chi connectivity index (χ1) is 8.59. The van der Waals surface area contributed by atoms with Crippen molar-refractivity contribution in [2.75, 3.05) is 11.9 Å². The van der Waals surface area contributed by atoms with E-state index in [2.05, 4.69) is 10.3 Å². The summed E-state index contributed by atoms with van der Waals surface area (Å²) in [7, 11) is 0. The van der Waals surface area contributed by atoms with Gasteiger partial charge in [0.05, 0.1) is 4.92 Å². The maximum Gasteiger partial charge on any atom is 0.287 e. The molecule has 6 nitrogen and oxygen atoms in total. The minimum atomic E-state index is -0.456. The molecule has 1 aromatic rings. The van der Waals surface area contributed by atoms with Gasteiger partial charge in [-0.1, -0.05) is 19.3 Å². The maximum atomic E-state index is 10.5. The largest absolute Gasteiger partial charge is 0.368 e. The van der Waals surface area contributed by atoms with Gasteiger partial charge in [-0.3, -0.25) is 10.1 Å². The van der Waals surface area contributed by atoms with Gasteiger partial charge in [0.1, 0.15) is 12.0 Å². The van der Waals surface area contributed by atoms with Crippen molar-refractivity contribution in [1.82, 2.24) is 4.98 Å². The fourth-order valence-corrected chi connectivity index (χ4v) is 2.30. The first-order valence-electron chi connectivity index (χ1n) is 6.22. The Labute approximate surface area is 106 Å². The van der Waals surface area contributed by atoms with E-state index < -0.39 is 4.92 Å². The Morgan fingerprint density at radius 1 is 1.39 bits per heavy atom. The van der Waals surface area contributed by atoms with E-state index in [1.807, 2.05) is 0 Å². The molecule has 0 amide bonds. The lowest BCUT2D eigenvalue weighted by Gasteiger charge is -2.33. The number of pyridine rings is 1. The molecule has 0 aliphatic heterocycles. The monoisotopic (exact) mass is 250 g/mol. The second kappa shape index (κ2) is 5.30. The number of hydrogen-bond donors (Lipinski definition) is 2. The molecule has 1 aliphatic rings. The molecule has 2 rings (SSSR count). The van der Waals surface area contributed by atoms with E-state index in [0.717, 1.165) is 12.8 Å². The molecule has 0 atom stereocenters. The number of nitrogens with zero attached hydrogens (tertiary/aromatic N) is 2. The zero-order chi connectivity index (χ0) is 13.0. The van der Waals surface area contributed by atoms with Crippen molar-refractivity contribution in [2.24, 2.45) is 5.73 Å². The zero-order valence-electron chi connectivity index (χ0n) is 10.3. The molecule has 0 aromatic carbocycles. The van der Waals surface area contributed by atoms with Crippen LogP contribution >= 0.6 is 0 Å². The molecule has 1 aromatic heterocycles. The van der Waals surface area contributed by atoms with Crippen LogP contribution < -0.4 is 11.1 Å². The van der Waals surface area contributed by atoms with Gasteiger partial charge in [-0.2, -0.15) is 0 Å². The summed E-state index contributed by atoms with van der Waals surface area (Å²) in [5, 5.41) is 13.7. The highest BCUT2D eigenvalue weighted by Gasteiger charge is 2.27. The van der Waals surface area contributed by atoms with Crippen LogP contribution in [0.15, 0.2) is 18.3 Å². The van der Waals surface area contributed by atoms with Crippen molar-refractivity contribution < 1.29 is 4.92 Å². The van der Waals surface area contributed by atoms with Crippen LogP contribution in [0.25, 0.3) is 0 Å². The predicted molar refractivity (Wildman–Crippen MR) is 69.4 cm³/mol. The topological polar surface area (TPSA) is 94.1 Å². The lowest BCUT2D eigenvalue weighted by molar-refractivity contribution is -0.385. The van der Waals surface area contributed by atoms with Gasteiger partial charge in [-0.25, -0.2) is 4.98 Å². The standard InChI is InChI=1S/C12H18N4O2/c13-12(6-2-1-3-7-12)9-15-11-5-4-10(8-14-11)16(17)18/h4-5,8H,1-3,6-7,9,13H2,(H,14,15). The fourth-order valence-electron chi connectivity index (χ4n) is 2.30. The number of rotatable bonds is 4. The molecule has 3 N–H and O–H groups in total. The Hall–Kier alpha value is -1.69. The number of nitrogens with one attached hydrogen (secondary N) is 1. The Morgan fingerprint density at radius 3 is 2.67 bits per heavy atom. The van der Waals surface area contributed by atoms with Gasteiger partial charge < -0.3 is 11.1 Å². The molecule has 1 aliphatic carbocycles. The summed E-state index contributed by atoms with van der Waals surface area (Å²) in [6.07, 6.45) is 6.90. The summed E-state index contributed by atoms with van der Waals surface area (Å²) >= 11 is 0. The van der Waals surface area contributed by atoms with Gasteiger partial charge in [0, 0.05) is 18.2 Å². The predicted octanol–water partition coefficient (Wildman–Crippen LogP) is 2.06. The summed E-state index contributed by atoms with van der Waals surface area (Å²) in [6, 6.07) is 3.06. The van der Waals surface area contributed by atoms with Crippen LogP contribution in [0.5, 0.6) is 0 Å². The fraction of sp³-hybridized carbons (Fsp3) is 0.583.